The molecular formula is C10H19N3O. The third-order valence-corrected chi connectivity index (χ3v) is 2.33. The second kappa shape index (κ2) is 5.10. The molecule has 0 aliphatic carbocycles. The van der Waals surface area contributed by atoms with Gasteiger partial charge in [-0.25, -0.2) is 0 Å². The molecule has 80 valence electrons. The van der Waals surface area contributed by atoms with E-state index in [4.69, 9.17) is 4.42 Å². The van der Waals surface area contributed by atoms with E-state index in [-0.39, 0.29) is 0 Å². The maximum absolute atomic E-state index is 5.27. The van der Waals surface area contributed by atoms with Crippen molar-refractivity contribution < 1.29 is 4.42 Å². The Balaban J connectivity index is 2.39. The summed E-state index contributed by atoms with van der Waals surface area (Å²) in [4.78, 5) is 0. The van der Waals surface area contributed by atoms with E-state index in [1.807, 2.05) is 0 Å². The molecule has 0 bridgehead atoms. The maximum Gasteiger partial charge on any atom is 0.230 e. The van der Waals surface area contributed by atoms with Crippen LogP contribution in [0.5, 0.6) is 0 Å². The lowest BCUT2D eigenvalue weighted by Gasteiger charge is -2.19. The summed E-state index contributed by atoms with van der Waals surface area (Å²) in [6, 6.07) is 0.516. The quantitative estimate of drug-likeness (QED) is 0.783. The first-order valence-electron chi connectivity index (χ1n) is 5.15. The number of aromatic nitrogens is 2. The van der Waals surface area contributed by atoms with Crippen LogP contribution in [0.25, 0.3) is 0 Å². The number of nitrogens with one attached hydrogen (secondary N) is 1. The Bertz CT molecular complexity index is 270. The Morgan fingerprint density at radius 1 is 1.36 bits per heavy atom. The van der Waals surface area contributed by atoms with Gasteiger partial charge in [-0.3, -0.25) is 0 Å². The standard InChI is InChI=1S/C10H19N3O/c1-5-9(7(2)3)11-6-10-13-12-8(4)14-10/h7,9,11H,5-6H2,1-4H3. The summed E-state index contributed by atoms with van der Waals surface area (Å²) in [6.07, 6.45) is 1.12. The molecule has 14 heavy (non-hydrogen) atoms. The molecule has 0 amide bonds. The van der Waals surface area contributed by atoms with Crippen LogP contribution in [0, 0.1) is 12.8 Å². The van der Waals surface area contributed by atoms with Crippen LogP contribution in [0.1, 0.15) is 39.0 Å². The van der Waals surface area contributed by atoms with Crippen LogP contribution in [0.3, 0.4) is 0 Å². The monoisotopic (exact) mass is 197 g/mol. The van der Waals surface area contributed by atoms with Crippen LogP contribution < -0.4 is 5.32 Å². The summed E-state index contributed by atoms with van der Waals surface area (Å²) in [7, 11) is 0. The van der Waals surface area contributed by atoms with Crippen molar-refractivity contribution in [1.82, 2.24) is 15.5 Å². The largest absolute Gasteiger partial charge is 0.424 e. The molecule has 1 aromatic heterocycles. The first-order chi connectivity index (χ1) is 6.63. The fourth-order valence-corrected chi connectivity index (χ4v) is 1.48. The third kappa shape index (κ3) is 3.10. The lowest BCUT2D eigenvalue weighted by molar-refractivity contribution is 0.358. The van der Waals surface area contributed by atoms with Crippen molar-refractivity contribution in [2.24, 2.45) is 5.92 Å². The molecule has 1 heterocycles. The molecule has 1 unspecified atom stereocenters. The van der Waals surface area contributed by atoms with E-state index < -0.39 is 0 Å². The molecule has 0 radical (unpaired) electrons. The Kier molecular flexibility index (Phi) is 4.07. The lowest BCUT2D eigenvalue weighted by Crippen LogP contribution is -2.32. The molecule has 1 aromatic rings. The van der Waals surface area contributed by atoms with E-state index in [2.05, 4.69) is 36.3 Å². The lowest BCUT2D eigenvalue weighted by atomic mass is 10.0. The summed E-state index contributed by atoms with van der Waals surface area (Å²) in [5.41, 5.74) is 0. The average Bonchev–Trinajstić information content (AvgIpc) is 2.52. The van der Waals surface area contributed by atoms with Gasteiger partial charge in [-0.1, -0.05) is 20.8 Å². The van der Waals surface area contributed by atoms with Gasteiger partial charge in [0.25, 0.3) is 0 Å². The van der Waals surface area contributed by atoms with Crippen molar-refractivity contribution in [1.29, 1.82) is 0 Å². The van der Waals surface area contributed by atoms with Gasteiger partial charge >= 0.3 is 0 Å². The molecule has 0 saturated carbocycles. The minimum absolute atomic E-state index is 0.516. The van der Waals surface area contributed by atoms with Crippen molar-refractivity contribution >= 4 is 0 Å². The van der Waals surface area contributed by atoms with E-state index in [9.17, 15) is 0 Å². The van der Waals surface area contributed by atoms with Crippen molar-refractivity contribution in [2.45, 2.75) is 46.7 Å². The summed E-state index contributed by atoms with van der Waals surface area (Å²) >= 11 is 0. The fraction of sp³-hybridized carbons (Fsp3) is 0.800. The molecule has 0 spiro atoms. The number of rotatable bonds is 5. The smallest absolute Gasteiger partial charge is 0.230 e. The molecule has 0 aliphatic heterocycles. The number of hydrogen-bond acceptors (Lipinski definition) is 4. The van der Waals surface area contributed by atoms with E-state index in [0.717, 1.165) is 6.42 Å². The molecule has 0 aliphatic rings. The molecule has 4 heteroatoms. The molecule has 1 N–H and O–H groups in total. The van der Waals surface area contributed by atoms with E-state index in [1.54, 1.807) is 6.92 Å². The molecule has 0 fully saturated rings. The highest BCUT2D eigenvalue weighted by Gasteiger charge is 2.11. The Labute approximate surface area is 85.1 Å². The predicted molar refractivity (Wildman–Crippen MR) is 54.8 cm³/mol. The minimum atomic E-state index is 0.516. The van der Waals surface area contributed by atoms with E-state index in [0.29, 0.717) is 30.3 Å². The summed E-state index contributed by atoms with van der Waals surface area (Å²) in [6.45, 7) is 9.06. The Morgan fingerprint density at radius 2 is 2.07 bits per heavy atom. The van der Waals surface area contributed by atoms with Crippen LogP contribution in [0.4, 0.5) is 0 Å². The highest BCUT2D eigenvalue weighted by molar-refractivity contribution is 4.80. The van der Waals surface area contributed by atoms with Gasteiger partial charge in [-0.15, -0.1) is 10.2 Å². The SMILES string of the molecule is CCC(NCc1nnc(C)o1)C(C)C. The number of nitrogens with zero attached hydrogens (tertiary/aromatic N) is 2. The zero-order valence-electron chi connectivity index (χ0n) is 9.37. The average molecular weight is 197 g/mol. The molecule has 1 rings (SSSR count). The first kappa shape index (κ1) is 11.2. The summed E-state index contributed by atoms with van der Waals surface area (Å²) < 4.78 is 5.27. The normalized spacial score (nSPS) is 13.5. The fourth-order valence-electron chi connectivity index (χ4n) is 1.48. The molecule has 0 saturated heterocycles. The van der Waals surface area contributed by atoms with Crippen molar-refractivity contribution in [3.8, 4) is 0 Å². The topological polar surface area (TPSA) is 51.0 Å². The second-order valence-electron chi connectivity index (χ2n) is 3.85. The maximum atomic E-state index is 5.27. The molecular weight excluding hydrogens is 178 g/mol. The van der Waals surface area contributed by atoms with Crippen LogP contribution in [-0.2, 0) is 6.54 Å². The van der Waals surface area contributed by atoms with Crippen LogP contribution in [0.2, 0.25) is 0 Å². The van der Waals surface area contributed by atoms with Gasteiger partial charge in [0.2, 0.25) is 11.8 Å². The zero-order valence-corrected chi connectivity index (χ0v) is 9.37. The van der Waals surface area contributed by atoms with Crippen molar-refractivity contribution in [3.05, 3.63) is 11.8 Å². The van der Waals surface area contributed by atoms with Gasteiger partial charge in [-0.2, -0.15) is 0 Å². The molecule has 0 aromatic carbocycles. The minimum Gasteiger partial charge on any atom is -0.424 e. The van der Waals surface area contributed by atoms with Gasteiger partial charge in [0.1, 0.15) is 0 Å². The van der Waals surface area contributed by atoms with Crippen molar-refractivity contribution in [3.63, 3.8) is 0 Å². The van der Waals surface area contributed by atoms with Crippen LogP contribution >= 0.6 is 0 Å². The first-order valence-corrected chi connectivity index (χ1v) is 5.15. The Morgan fingerprint density at radius 3 is 2.50 bits per heavy atom. The van der Waals surface area contributed by atoms with Crippen molar-refractivity contribution in [2.75, 3.05) is 0 Å². The van der Waals surface area contributed by atoms with Gasteiger partial charge in [0, 0.05) is 13.0 Å². The second-order valence-corrected chi connectivity index (χ2v) is 3.85. The predicted octanol–water partition coefficient (Wildman–Crippen LogP) is 1.90. The van der Waals surface area contributed by atoms with Gasteiger partial charge in [0.15, 0.2) is 0 Å². The zero-order chi connectivity index (χ0) is 10.6. The number of aryl methyl sites for hydroxylation is 1. The van der Waals surface area contributed by atoms with Gasteiger partial charge < -0.3 is 9.73 Å². The number of hydrogen-bond donors (Lipinski definition) is 1. The highest BCUT2D eigenvalue weighted by Crippen LogP contribution is 2.06. The summed E-state index contributed by atoms with van der Waals surface area (Å²) in [5.74, 6) is 1.92. The van der Waals surface area contributed by atoms with E-state index in [1.165, 1.54) is 0 Å². The highest BCUT2D eigenvalue weighted by atomic mass is 16.4. The summed E-state index contributed by atoms with van der Waals surface area (Å²) in [5, 5.41) is 11.1. The van der Waals surface area contributed by atoms with Crippen LogP contribution in [0.15, 0.2) is 4.42 Å². The Hall–Kier alpha value is -0.900. The van der Waals surface area contributed by atoms with Crippen LogP contribution in [-0.4, -0.2) is 16.2 Å². The van der Waals surface area contributed by atoms with Gasteiger partial charge in [-0.05, 0) is 12.3 Å². The molecule has 1 atom stereocenters. The third-order valence-electron chi connectivity index (χ3n) is 2.33. The van der Waals surface area contributed by atoms with Gasteiger partial charge in [0.05, 0.1) is 6.54 Å². The molecule has 4 nitrogen and oxygen atoms in total. The van der Waals surface area contributed by atoms with E-state index >= 15 is 0 Å².